The highest BCUT2D eigenvalue weighted by Crippen LogP contribution is 2.39. The highest BCUT2D eigenvalue weighted by Gasteiger charge is 2.22. The molecule has 0 unspecified atom stereocenters. The molecule has 3 heterocycles. The van der Waals surface area contributed by atoms with Crippen molar-refractivity contribution in [2.75, 3.05) is 26.3 Å². The first-order valence-electron chi connectivity index (χ1n) is 9.11. The first-order valence-corrected chi connectivity index (χ1v) is 9.92. The lowest BCUT2D eigenvalue weighted by atomic mass is 10.2. The van der Waals surface area contributed by atoms with Crippen molar-refractivity contribution in [3.05, 3.63) is 50.4 Å². The Morgan fingerprint density at radius 3 is 2.79 bits per heavy atom. The lowest BCUT2D eigenvalue weighted by Gasteiger charge is -2.25. The highest BCUT2D eigenvalue weighted by molar-refractivity contribution is 7.18. The molecule has 8 nitrogen and oxygen atoms in total. The van der Waals surface area contributed by atoms with E-state index in [0.29, 0.717) is 31.0 Å². The Bertz CT molecular complexity index is 1080. The molecule has 0 amide bonds. The monoisotopic (exact) mass is 418 g/mol. The van der Waals surface area contributed by atoms with Crippen LogP contribution in [0.25, 0.3) is 10.2 Å². The van der Waals surface area contributed by atoms with E-state index in [9.17, 15) is 14.5 Å². The van der Waals surface area contributed by atoms with E-state index in [-0.39, 0.29) is 17.3 Å². The third-order valence-electron chi connectivity index (χ3n) is 4.84. The van der Waals surface area contributed by atoms with Gasteiger partial charge in [0, 0.05) is 30.1 Å². The van der Waals surface area contributed by atoms with Crippen LogP contribution in [-0.4, -0.2) is 46.1 Å². The Labute approximate surface area is 170 Å². The van der Waals surface area contributed by atoms with Gasteiger partial charge in [0.05, 0.1) is 30.1 Å². The third kappa shape index (κ3) is 4.04. The fourth-order valence-electron chi connectivity index (χ4n) is 3.18. The number of hydrogen-bond acceptors (Lipinski definition) is 8. The molecule has 0 aliphatic carbocycles. The first kappa shape index (κ1) is 19.6. The van der Waals surface area contributed by atoms with Crippen molar-refractivity contribution < 1.29 is 18.8 Å². The van der Waals surface area contributed by atoms with Gasteiger partial charge in [-0.2, -0.15) is 4.98 Å². The van der Waals surface area contributed by atoms with Crippen LogP contribution in [0.1, 0.15) is 16.3 Å². The number of ether oxygens (including phenoxy) is 2. The number of aryl methyl sites for hydroxylation is 2. The van der Waals surface area contributed by atoms with Gasteiger partial charge in [-0.25, -0.2) is 9.37 Å². The summed E-state index contributed by atoms with van der Waals surface area (Å²) in [7, 11) is 0. The molecule has 0 atom stereocenters. The summed E-state index contributed by atoms with van der Waals surface area (Å²) in [6.07, 6.45) is 0. The maximum Gasteiger partial charge on any atom is 0.311 e. The van der Waals surface area contributed by atoms with Crippen LogP contribution in [0, 0.1) is 29.8 Å². The van der Waals surface area contributed by atoms with E-state index in [4.69, 9.17) is 9.47 Å². The first-order chi connectivity index (χ1) is 13.9. The van der Waals surface area contributed by atoms with Crippen LogP contribution in [0.5, 0.6) is 11.6 Å². The zero-order valence-electron chi connectivity index (χ0n) is 16.0. The summed E-state index contributed by atoms with van der Waals surface area (Å²) < 4.78 is 24.9. The van der Waals surface area contributed by atoms with Gasteiger partial charge in [0.2, 0.25) is 11.6 Å². The lowest BCUT2D eigenvalue weighted by Crippen LogP contribution is -2.36. The second kappa shape index (κ2) is 7.97. The Balaban J connectivity index is 1.78. The van der Waals surface area contributed by atoms with Crippen molar-refractivity contribution in [1.29, 1.82) is 0 Å². The number of halogens is 1. The number of nitro benzene ring substituents is 1. The van der Waals surface area contributed by atoms with Gasteiger partial charge in [-0.05, 0) is 25.5 Å². The zero-order chi connectivity index (χ0) is 20.5. The van der Waals surface area contributed by atoms with Gasteiger partial charge in [0.25, 0.3) is 0 Å². The topological polar surface area (TPSA) is 90.6 Å². The second-order valence-electron chi connectivity index (χ2n) is 6.77. The second-order valence-corrected chi connectivity index (χ2v) is 7.97. The molecule has 152 valence electrons. The number of thiophene rings is 1. The van der Waals surface area contributed by atoms with Crippen molar-refractivity contribution >= 4 is 27.2 Å². The molecule has 0 radical (unpaired) electrons. The minimum absolute atomic E-state index is 0.185. The number of nitrogens with zero attached hydrogens (tertiary/aromatic N) is 4. The molecule has 1 aromatic carbocycles. The van der Waals surface area contributed by atoms with Gasteiger partial charge >= 0.3 is 5.69 Å². The van der Waals surface area contributed by atoms with Gasteiger partial charge in [-0.3, -0.25) is 15.0 Å². The van der Waals surface area contributed by atoms with Crippen LogP contribution >= 0.6 is 11.3 Å². The summed E-state index contributed by atoms with van der Waals surface area (Å²) >= 11 is 1.51. The number of nitro groups is 1. The normalized spacial score (nSPS) is 15.0. The summed E-state index contributed by atoms with van der Waals surface area (Å²) in [5, 5.41) is 12.0. The number of morpholine rings is 1. The minimum atomic E-state index is -0.623. The average Bonchev–Trinajstić information content (AvgIpc) is 2.96. The van der Waals surface area contributed by atoms with Crippen molar-refractivity contribution in [2.45, 2.75) is 20.4 Å². The molecule has 1 aliphatic rings. The fourth-order valence-corrected chi connectivity index (χ4v) is 4.22. The largest absolute Gasteiger partial charge is 0.431 e. The third-order valence-corrected chi connectivity index (χ3v) is 5.94. The Morgan fingerprint density at radius 1 is 1.31 bits per heavy atom. The SMILES string of the molecule is Cc1sc2nc(CN3CCOCC3)nc(Oc3cc(F)ccc3[N+](=O)[O-])c2c1C. The molecule has 4 rings (SSSR count). The maximum absolute atomic E-state index is 13.7. The summed E-state index contributed by atoms with van der Waals surface area (Å²) in [6, 6.07) is 3.12. The van der Waals surface area contributed by atoms with Crippen LogP contribution in [0.3, 0.4) is 0 Å². The molecule has 1 saturated heterocycles. The van der Waals surface area contributed by atoms with E-state index in [1.54, 1.807) is 0 Å². The molecule has 0 spiro atoms. The minimum Gasteiger partial charge on any atom is -0.431 e. The average molecular weight is 418 g/mol. The van der Waals surface area contributed by atoms with E-state index in [1.807, 2.05) is 13.8 Å². The summed E-state index contributed by atoms with van der Waals surface area (Å²) in [6.45, 7) is 7.25. The molecule has 3 aromatic rings. The molecule has 0 saturated carbocycles. The van der Waals surface area contributed by atoms with Gasteiger partial charge < -0.3 is 9.47 Å². The molecule has 10 heteroatoms. The van der Waals surface area contributed by atoms with Crippen LogP contribution < -0.4 is 4.74 Å². The standard InChI is InChI=1S/C19H19FN4O4S/c1-11-12(2)29-19-17(11)18(21-16(22-19)10-23-5-7-27-8-6-23)28-15-9-13(20)3-4-14(15)24(25)26/h3-4,9H,5-8,10H2,1-2H3. The van der Waals surface area contributed by atoms with Crippen molar-refractivity contribution in [2.24, 2.45) is 0 Å². The number of benzene rings is 1. The molecular formula is C19H19FN4O4S. The smallest absolute Gasteiger partial charge is 0.311 e. The zero-order valence-corrected chi connectivity index (χ0v) is 16.8. The quantitative estimate of drug-likeness (QED) is 0.457. The van der Waals surface area contributed by atoms with E-state index >= 15 is 0 Å². The van der Waals surface area contributed by atoms with Gasteiger partial charge in [-0.15, -0.1) is 11.3 Å². The molecular weight excluding hydrogens is 399 g/mol. The van der Waals surface area contributed by atoms with Crippen LogP contribution in [0.15, 0.2) is 18.2 Å². The van der Waals surface area contributed by atoms with E-state index in [0.717, 1.165) is 46.6 Å². The van der Waals surface area contributed by atoms with Crippen LogP contribution in [0.2, 0.25) is 0 Å². The summed E-state index contributed by atoms with van der Waals surface area (Å²) in [4.78, 5) is 23.9. The number of aromatic nitrogens is 2. The highest BCUT2D eigenvalue weighted by atomic mass is 32.1. The summed E-state index contributed by atoms with van der Waals surface area (Å²) in [5.41, 5.74) is 0.620. The van der Waals surface area contributed by atoms with Gasteiger partial charge in [0.1, 0.15) is 16.5 Å². The van der Waals surface area contributed by atoms with E-state index in [2.05, 4.69) is 14.9 Å². The molecule has 1 fully saturated rings. The Kier molecular flexibility index (Phi) is 5.39. The number of rotatable bonds is 5. The lowest BCUT2D eigenvalue weighted by molar-refractivity contribution is -0.385. The molecule has 0 bridgehead atoms. The molecule has 2 aromatic heterocycles. The Hall–Kier alpha value is -2.69. The summed E-state index contributed by atoms with van der Waals surface area (Å²) in [5.74, 6) is -0.0539. The number of hydrogen-bond donors (Lipinski definition) is 0. The van der Waals surface area contributed by atoms with Gasteiger partial charge in [-0.1, -0.05) is 0 Å². The fraction of sp³-hybridized carbons (Fsp3) is 0.368. The maximum atomic E-state index is 13.7. The number of fused-ring (bicyclic) bond motifs is 1. The Morgan fingerprint density at radius 2 is 2.07 bits per heavy atom. The molecule has 1 aliphatic heterocycles. The van der Waals surface area contributed by atoms with Crippen LogP contribution in [-0.2, 0) is 11.3 Å². The van der Waals surface area contributed by atoms with Crippen molar-refractivity contribution in [1.82, 2.24) is 14.9 Å². The van der Waals surface area contributed by atoms with Crippen molar-refractivity contribution in [3.8, 4) is 11.6 Å². The van der Waals surface area contributed by atoms with Gasteiger partial charge in [0.15, 0.2) is 0 Å². The van der Waals surface area contributed by atoms with E-state index < -0.39 is 10.7 Å². The van der Waals surface area contributed by atoms with E-state index in [1.165, 1.54) is 11.3 Å². The molecule has 29 heavy (non-hydrogen) atoms. The predicted molar refractivity (Wildman–Crippen MR) is 106 cm³/mol. The predicted octanol–water partition coefficient (Wildman–Crippen LogP) is 3.98. The van der Waals surface area contributed by atoms with Crippen LogP contribution in [0.4, 0.5) is 10.1 Å². The van der Waals surface area contributed by atoms with Crippen molar-refractivity contribution in [3.63, 3.8) is 0 Å². The molecule has 0 N–H and O–H groups in total.